The molecule has 4 rings (SSSR count). The van der Waals surface area contributed by atoms with E-state index in [-0.39, 0.29) is 18.8 Å². The lowest BCUT2D eigenvalue weighted by Crippen LogP contribution is -2.06. The molecule has 0 bridgehead atoms. The maximum atomic E-state index is 15.2. The second kappa shape index (κ2) is 10.5. The molecule has 0 aliphatic carbocycles. The van der Waals surface area contributed by atoms with Crippen LogP contribution in [0.1, 0.15) is 18.1 Å². The molecule has 0 heterocycles. The number of carbonyl (C=O) groups excluding carboxylic acids is 1. The Labute approximate surface area is 203 Å². The highest BCUT2D eigenvalue weighted by molar-refractivity contribution is 5.87. The topological polar surface area (TPSA) is 46.5 Å². The number of ether oxygens (including phenoxy) is 1. The lowest BCUT2D eigenvalue weighted by atomic mass is 9.95. The van der Waals surface area contributed by atoms with E-state index in [9.17, 15) is 14.3 Å². The van der Waals surface area contributed by atoms with Crippen LogP contribution in [0.15, 0.2) is 97.1 Å². The normalized spacial score (nSPS) is 10.7. The molecule has 0 fully saturated rings. The first-order valence-electron chi connectivity index (χ1n) is 11.1. The fourth-order valence-electron chi connectivity index (χ4n) is 3.82. The monoisotopic (exact) mass is 470 g/mol. The number of benzene rings is 4. The predicted octanol–water partition coefficient (Wildman–Crippen LogP) is 7.08. The molecule has 0 radical (unpaired) electrons. The van der Waals surface area contributed by atoms with Crippen molar-refractivity contribution in [2.75, 3.05) is 0 Å². The number of halogens is 2. The highest BCUT2D eigenvalue weighted by Crippen LogP contribution is 2.32. The molecule has 3 nitrogen and oxygen atoms in total. The SMILES string of the molecule is C=C(C)C(=O)OCc1cc(-c2ccc(-c3ccc(-c4ccccc4)cc3F)cc2F)ccc1CO. The van der Waals surface area contributed by atoms with Gasteiger partial charge in [-0.05, 0) is 58.5 Å². The Bertz CT molecular complexity index is 1390. The lowest BCUT2D eigenvalue weighted by molar-refractivity contribution is -0.140. The van der Waals surface area contributed by atoms with E-state index in [1.165, 1.54) is 12.1 Å². The molecule has 0 aromatic heterocycles. The molecule has 0 atom stereocenters. The molecule has 0 aliphatic rings. The van der Waals surface area contributed by atoms with Gasteiger partial charge in [-0.3, -0.25) is 0 Å². The van der Waals surface area contributed by atoms with Crippen molar-refractivity contribution in [3.63, 3.8) is 0 Å². The fraction of sp³-hybridized carbons (Fsp3) is 0.100. The Hall–Kier alpha value is -4.09. The summed E-state index contributed by atoms with van der Waals surface area (Å²) in [6.45, 7) is 4.76. The summed E-state index contributed by atoms with van der Waals surface area (Å²) in [4.78, 5) is 11.8. The Morgan fingerprint density at radius 2 is 1.34 bits per heavy atom. The molecule has 0 saturated heterocycles. The van der Waals surface area contributed by atoms with Gasteiger partial charge in [-0.1, -0.05) is 73.3 Å². The Kier molecular flexibility index (Phi) is 7.18. The van der Waals surface area contributed by atoms with Gasteiger partial charge in [0.1, 0.15) is 18.2 Å². The number of carbonyl (C=O) groups is 1. The zero-order chi connectivity index (χ0) is 24.9. The van der Waals surface area contributed by atoms with Gasteiger partial charge in [0.05, 0.1) is 6.61 Å². The van der Waals surface area contributed by atoms with Gasteiger partial charge in [0.25, 0.3) is 0 Å². The van der Waals surface area contributed by atoms with Crippen LogP contribution in [0, 0.1) is 11.6 Å². The molecule has 0 spiro atoms. The summed E-state index contributed by atoms with van der Waals surface area (Å²) in [5.74, 6) is -1.50. The van der Waals surface area contributed by atoms with E-state index in [1.54, 1.807) is 43.3 Å². The van der Waals surface area contributed by atoms with Crippen LogP contribution in [0.2, 0.25) is 0 Å². The van der Waals surface area contributed by atoms with Gasteiger partial charge in [0.15, 0.2) is 0 Å². The van der Waals surface area contributed by atoms with Gasteiger partial charge in [-0.25, -0.2) is 13.6 Å². The summed E-state index contributed by atoms with van der Waals surface area (Å²) in [5, 5.41) is 9.62. The molecular weight excluding hydrogens is 446 g/mol. The molecule has 0 unspecified atom stereocenters. The minimum atomic E-state index is -0.546. The smallest absolute Gasteiger partial charge is 0.333 e. The largest absolute Gasteiger partial charge is 0.457 e. The molecule has 0 aliphatic heterocycles. The van der Waals surface area contributed by atoms with E-state index in [0.717, 1.165) is 11.1 Å². The summed E-state index contributed by atoms with van der Waals surface area (Å²) in [6.07, 6.45) is 0. The van der Waals surface area contributed by atoms with E-state index >= 15 is 4.39 Å². The molecule has 4 aromatic rings. The highest BCUT2D eigenvalue weighted by Gasteiger charge is 2.14. The minimum Gasteiger partial charge on any atom is -0.457 e. The average Bonchev–Trinajstić information content (AvgIpc) is 2.87. The van der Waals surface area contributed by atoms with Crippen LogP contribution >= 0.6 is 0 Å². The average molecular weight is 471 g/mol. The molecular formula is C30H24F2O3. The van der Waals surface area contributed by atoms with E-state index in [0.29, 0.717) is 33.4 Å². The summed E-state index contributed by atoms with van der Waals surface area (Å²) in [5.41, 5.74) is 4.62. The van der Waals surface area contributed by atoms with Gasteiger partial charge in [0.2, 0.25) is 0 Å². The van der Waals surface area contributed by atoms with Crippen molar-refractivity contribution in [1.29, 1.82) is 0 Å². The summed E-state index contributed by atoms with van der Waals surface area (Å²) < 4.78 is 35.3. The molecule has 1 N–H and O–H groups in total. The molecule has 0 saturated carbocycles. The van der Waals surface area contributed by atoms with Crippen molar-refractivity contribution in [2.45, 2.75) is 20.1 Å². The zero-order valence-electron chi connectivity index (χ0n) is 19.2. The molecule has 0 amide bonds. The first kappa shape index (κ1) is 24.0. The number of aliphatic hydroxyl groups is 1. The van der Waals surface area contributed by atoms with Crippen LogP contribution in [-0.2, 0) is 22.7 Å². The molecule has 35 heavy (non-hydrogen) atoms. The van der Waals surface area contributed by atoms with E-state index in [4.69, 9.17) is 4.74 Å². The predicted molar refractivity (Wildman–Crippen MR) is 133 cm³/mol. The van der Waals surface area contributed by atoms with Gasteiger partial charge in [-0.2, -0.15) is 0 Å². The second-order valence-electron chi connectivity index (χ2n) is 8.25. The van der Waals surface area contributed by atoms with Crippen LogP contribution < -0.4 is 0 Å². The van der Waals surface area contributed by atoms with Crippen molar-refractivity contribution < 1.29 is 23.4 Å². The third kappa shape index (κ3) is 5.36. The van der Waals surface area contributed by atoms with Crippen molar-refractivity contribution in [3.8, 4) is 33.4 Å². The molecule has 5 heteroatoms. The third-order valence-electron chi connectivity index (χ3n) is 5.75. The number of rotatable bonds is 7. The number of aliphatic hydroxyl groups excluding tert-OH is 1. The third-order valence-corrected chi connectivity index (χ3v) is 5.75. The number of hydrogen-bond acceptors (Lipinski definition) is 3. The number of esters is 1. The van der Waals surface area contributed by atoms with Gasteiger partial charge >= 0.3 is 5.97 Å². The summed E-state index contributed by atoms with van der Waals surface area (Å²) >= 11 is 0. The Balaban J connectivity index is 1.63. The fourth-order valence-corrected chi connectivity index (χ4v) is 3.82. The first-order chi connectivity index (χ1) is 16.9. The quantitative estimate of drug-likeness (QED) is 0.232. The van der Waals surface area contributed by atoms with Crippen LogP contribution in [0.5, 0.6) is 0 Å². The maximum Gasteiger partial charge on any atom is 0.333 e. The van der Waals surface area contributed by atoms with Crippen LogP contribution in [0.25, 0.3) is 33.4 Å². The number of hydrogen-bond donors (Lipinski definition) is 1. The summed E-state index contributed by atoms with van der Waals surface area (Å²) in [6, 6.07) is 24.0. The van der Waals surface area contributed by atoms with E-state index < -0.39 is 17.6 Å². The Morgan fingerprint density at radius 3 is 1.94 bits per heavy atom. The van der Waals surface area contributed by atoms with Gasteiger partial charge < -0.3 is 9.84 Å². The Morgan fingerprint density at radius 1 is 0.771 bits per heavy atom. The zero-order valence-corrected chi connectivity index (χ0v) is 19.2. The van der Waals surface area contributed by atoms with Crippen LogP contribution in [0.3, 0.4) is 0 Å². The van der Waals surface area contributed by atoms with Crippen molar-refractivity contribution in [3.05, 3.63) is 120 Å². The van der Waals surface area contributed by atoms with Crippen molar-refractivity contribution in [1.82, 2.24) is 0 Å². The van der Waals surface area contributed by atoms with Gasteiger partial charge in [-0.15, -0.1) is 0 Å². The van der Waals surface area contributed by atoms with Crippen LogP contribution in [0.4, 0.5) is 8.78 Å². The molecule has 176 valence electrons. The lowest BCUT2D eigenvalue weighted by Gasteiger charge is -2.13. The van der Waals surface area contributed by atoms with Gasteiger partial charge in [0, 0.05) is 16.7 Å². The van der Waals surface area contributed by atoms with E-state index in [2.05, 4.69) is 6.58 Å². The van der Waals surface area contributed by atoms with Crippen molar-refractivity contribution in [2.24, 2.45) is 0 Å². The molecule has 4 aromatic carbocycles. The second-order valence-corrected chi connectivity index (χ2v) is 8.25. The first-order valence-corrected chi connectivity index (χ1v) is 11.1. The van der Waals surface area contributed by atoms with Crippen molar-refractivity contribution >= 4 is 5.97 Å². The standard InChI is InChI=1S/C30H24F2O3/c1-19(2)30(34)35-18-25-14-22(8-9-24(25)17-33)26-13-11-23(16-29(26)32)27-12-10-21(15-28(27)31)20-6-4-3-5-7-20/h3-16,33H,1,17-18H2,2H3. The van der Waals surface area contributed by atoms with Crippen LogP contribution in [-0.4, -0.2) is 11.1 Å². The summed E-state index contributed by atoms with van der Waals surface area (Å²) in [7, 11) is 0. The van der Waals surface area contributed by atoms with E-state index in [1.807, 2.05) is 36.4 Å². The highest BCUT2D eigenvalue weighted by atomic mass is 19.1. The minimum absolute atomic E-state index is 0.0753. The maximum absolute atomic E-state index is 15.2.